The van der Waals surface area contributed by atoms with Crippen molar-refractivity contribution >= 4 is 27.4 Å². The van der Waals surface area contributed by atoms with Gasteiger partial charge in [0.05, 0.1) is 23.3 Å². The molecule has 0 aromatic heterocycles. The largest absolute Gasteiger partial charge is 0.465 e. The van der Waals surface area contributed by atoms with Crippen LogP contribution in [0.2, 0.25) is 0 Å². The topological polar surface area (TPSA) is 89.5 Å². The molecule has 0 saturated carbocycles. The highest BCUT2D eigenvalue weighted by Crippen LogP contribution is 2.38. The van der Waals surface area contributed by atoms with Gasteiger partial charge in [-0.1, -0.05) is 6.07 Å². The quantitative estimate of drug-likeness (QED) is 0.776. The van der Waals surface area contributed by atoms with Crippen molar-refractivity contribution in [2.45, 2.75) is 23.5 Å². The van der Waals surface area contributed by atoms with Gasteiger partial charge >= 0.3 is 5.97 Å². The summed E-state index contributed by atoms with van der Waals surface area (Å²) in [6, 6.07) is 4.20. The fraction of sp³-hybridized carbons (Fsp3) is 0.333. The van der Waals surface area contributed by atoms with Gasteiger partial charge in [0.2, 0.25) is 5.91 Å². The molecule has 0 radical (unpaired) electrons. The number of rotatable bonds is 1. The van der Waals surface area contributed by atoms with E-state index >= 15 is 0 Å². The van der Waals surface area contributed by atoms with Crippen LogP contribution in [-0.4, -0.2) is 32.2 Å². The molecule has 1 heterocycles. The van der Waals surface area contributed by atoms with E-state index in [0.717, 1.165) is 0 Å². The summed E-state index contributed by atoms with van der Waals surface area (Å²) in [6.07, 6.45) is 0. The lowest BCUT2D eigenvalue weighted by Crippen LogP contribution is -2.48. The zero-order valence-electron chi connectivity index (χ0n) is 10.7. The number of esters is 1. The number of ether oxygens (including phenoxy) is 1. The average molecular weight is 283 g/mol. The maximum absolute atomic E-state index is 12.4. The standard InChI is InChI=1S/C12H13NO5S/c1-12(2)11(15)13-9-7(10(14)18-3)5-4-6-8(9)19(12,16)17/h4-6H,1-3H3,(H,13,15). The Bertz CT molecular complexity index is 675. The highest BCUT2D eigenvalue weighted by Gasteiger charge is 2.48. The molecule has 1 aromatic rings. The number of hydrogen-bond acceptors (Lipinski definition) is 5. The molecule has 1 N–H and O–H groups in total. The molecular formula is C12H13NO5S. The van der Waals surface area contributed by atoms with Crippen LogP contribution in [0.15, 0.2) is 23.1 Å². The van der Waals surface area contributed by atoms with Crippen LogP contribution in [0.4, 0.5) is 5.69 Å². The Hall–Kier alpha value is -1.89. The second-order valence-corrected chi connectivity index (χ2v) is 7.11. The van der Waals surface area contributed by atoms with E-state index in [9.17, 15) is 18.0 Å². The molecule has 0 atom stereocenters. The summed E-state index contributed by atoms with van der Waals surface area (Å²) in [7, 11) is -2.67. The summed E-state index contributed by atoms with van der Waals surface area (Å²) in [5, 5.41) is 2.47. The summed E-state index contributed by atoms with van der Waals surface area (Å²) in [5.74, 6) is -1.37. The highest BCUT2D eigenvalue weighted by atomic mass is 32.2. The maximum Gasteiger partial charge on any atom is 0.340 e. The molecule has 0 bridgehead atoms. The number of carbonyl (C=O) groups is 2. The van der Waals surface area contributed by atoms with E-state index in [4.69, 9.17) is 0 Å². The second-order valence-electron chi connectivity index (χ2n) is 4.64. The van der Waals surface area contributed by atoms with Gasteiger partial charge < -0.3 is 10.1 Å². The van der Waals surface area contributed by atoms with E-state index in [0.29, 0.717) is 0 Å². The summed E-state index contributed by atoms with van der Waals surface area (Å²) in [4.78, 5) is 23.4. The predicted octanol–water partition coefficient (Wildman–Crippen LogP) is 0.978. The predicted molar refractivity (Wildman–Crippen MR) is 67.7 cm³/mol. The Morgan fingerprint density at radius 2 is 1.95 bits per heavy atom. The van der Waals surface area contributed by atoms with Crippen LogP contribution in [-0.2, 0) is 19.4 Å². The number of anilines is 1. The first kappa shape index (κ1) is 13.5. The zero-order chi connectivity index (χ0) is 14.4. The molecular weight excluding hydrogens is 270 g/mol. The van der Waals surface area contributed by atoms with Crippen LogP contribution in [0.1, 0.15) is 24.2 Å². The van der Waals surface area contributed by atoms with Gasteiger partial charge in [-0.2, -0.15) is 0 Å². The van der Waals surface area contributed by atoms with Crippen LogP contribution in [0.5, 0.6) is 0 Å². The van der Waals surface area contributed by atoms with E-state index in [1.54, 1.807) is 0 Å². The van der Waals surface area contributed by atoms with Crippen LogP contribution in [0, 0.1) is 0 Å². The van der Waals surface area contributed by atoms with E-state index in [1.807, 2.05) is 0 Å². The highest BCUT2D eigenvalue weighted by molar-refractivity contribution is 7.94. The van der Waals surface area contributed by atoms with Gasteiger partial charge in [-0.15, -0.1) is 0 Å². The van der Waals surface area contributed by atoms with E-state index in [2.05, 4.69) is 10.1 Å². The van der Waals surface area contributed by atoms with Crippen molar-refractivity contribution in [2.75, 3.05) is 12.4 Å². The number of nitrogens with one attached hydrogen (secondary N) is 1. The summed E-state index contributed by atoms with van der Waals surface area (Å²) in [5.41, 5.74) is 0.00565. The van der Waals surface area contributed by atoms with Crippen LogP contribution >= 0.6 is 0 Å². The van der Waals surface area contributed by atoms with Crippen molar-refractivity contribution in [1.29, 1.82) is 0 Å². The Morgan fingerprint density at radius 1 is 1.32 bits per heavy atom. The summed E-state index contributed by atoms with van der Waals surface area (Å²) < 4.78 is 27.8. The third-order valence-electron chi connectivity index (χ3n) is 3.18. The molecule has 1 aliphatic rings. The summed E-state index contributed by atoms with van der Waals surface area (Å²) in [6.45, 7) is 2.65. The lowest BCUT2D eigenvalue weighted by Gasteiger charge is -2.31. The maximum atomic E-state index is 12.4. The molecule has 7 heteroatoms. The molecule has 2 rings (SSSR count). The lowest BCUT2D eigenvalue weighted by atomic mass is 10.1. The number of sulfone groups is 1. The Balaban J connectivity index is 2.78. The van der Waals surface area contributed by atoms with Gasteiger partial charge in [0.1, 0.15) is 4.75 Å². The number of fused-ring (bicyclic) bond motifs is 1. The molecule has 19 heavy (non-hydrogen) atoms. The first-order valence-electron chi connectivity index (χ1n) is 5.51. The second kappa shape index (κ2) is 4.06. The van der Waals surface area contributed by atoms with Crippen molar-refractivity contribution in [3.05, 3.63) is 23.8 Å². The Morgan fingerprint density at radius 3 is 2.53 bits per heavy atom. The third-order valence-corrected chi connectivity index (χ3v) is 5.63. The van der Waals surface area contributed by atoms with Crippen LogP contribution < -0.4 is 5.32 Å². The van der Waals surface area contributed by atoms with E-state index in [-0.39, 0.29) is 16.1 Å². The summed E-state index contributed by atoms with van der Waals surface area (Å²) >= 11 is 0. The smallest absolute Gasteiger partial charge is 0.340 e. The van der Waals surface area contributed by atoms with E-state index in [1.165, 1.54) is 39.2 Å². The molecule has 0 unspecified atom stereocenters. The van der Waals surface area contributed by atoms with Crippen LogP contribution in [0.25, 0.3) is 0 Å². The minimum atomic E-state index is -3.85. The van der Waals surface area contributed by atoms with Gasteiger partial charge in [0, 0.05) is 0 Å². The minimum Gasteiger partial charge on any atom is -0.465 e. The van der Waals surface area contributed by atoms with Gasteiger partial charge in [-0.3, -0.25) is 4.79 Å². The zero-order valence-corrected chi connectivity index (χ0v) is 11.5. The Labute approximate surface area is 110 Å². The number of benzene rings is 1. The monoisotopic (exact) mass is 283 g/mol. The van der Waals surface area contributed by atoms with Crippen molar-refractivity contribution in [3.63, 3.8) is 0 Å². The number of hydrogen-bond donors (Lipinski definition) is 1. The van der Waals surface area contributed by atoms with Gasteiger partial charge in [0.25, 0.3) is 0 Å². The number of para-hydroxylation sites is 1. The Kier molecular flexibility index (Phi) is 2.89. The molecule has 102 valence electrons. The van der Waals surface area contributed by atoms with Gasteiger partial charge in [-0.05, 0) is 26.0 Å². The number of carbonyl (C=O) groups excluding carboxylic acids is 2. The molecule has 0 fully saturated rings. The van der Waals surface area contributed by atoms with E-state index < -0.39 is 26.5 Å². The van der Waals surface area contributed by atoms with Crippen molar-refractivity contribution in [1.82, 2.24) is 0 Å². The van der Waals surface area contributed by atoms with Crippen LogP contribution in [0.3, 0.4) is 0 Å². The molecule has 1 aromatic carbocycles. The molecule has 0 saturated heterocycles. The first-order valence-corrected chi connectivity index (χ1v) is 6.99. The minimum absolute atomic E-state index is 0.0151. The van der Waals surface area contributed by atoms with Gasteiger partial charge in [0.15, 0.2) is 9.84 Å². The van der Waals surface area contributed by atoms with Crippen molar-refractivity contribution in [2.24, 2.45) is 0 Å². The molecule has 1 aliphatic heterocycles. The molecule has 0 aliphatic carbocycles. The molecule has 0 spiro atoms. The normalized spacial score (nSPS) is 19.2. The first-order chi connectivity index (χ1) is 8.73. The fourth-order valence-electron chi connectivity index (χ4n) is 1.83. The third kappa shape index (κ3) is 1.73. The average Bonchev–Trinajstić information content (AvgIpc) is 2.36. The molecule has 1 amide bonds. The number of methoxy groups -OCH3 is 1. The molecule has 6 nitrogen and oxygen atoms in total. The van der Waals surface area contributed by atoms with Crippen molar-refractivity contribution in [3.8, 4) is 0 Å². The lowest BCUT2D eigenvalue weighted by molar-refractivity contribution is -0.118. The van der Waals surface area contributed by atoms with Gasteiger partial charge in [-0.25, -0.2) is 13.2 Å². The number of amides is 1. The SMILES string of the molecule is COC(=O)c1cccc2c1NC(=O)C(C)(C)S2(=O)=O. The fourth-order valence-corrected chi connectivity index (χ4v) is 3.36. The van der Waals surface area contributed by atoms with Crippen molar-refractivity contribution < 1.29 is 22.7 Å².